The molecular formula is C28H31N7O2. The number of hydrogen-bond acceptors (Lipinski definition) is 6. The van der Waals surface area contributed by atoms with Gasteiger partial charge in [-0.2, -0.15) is 5.10 Å². The molecule has 0 aliphatic carbocycles. The number of piperazine rings is 1. The Morgan fingerprint density at radius 1 is 1.08 bits per heavy atom. The molecule has 6 heterocycles. The van der Waals surface area contributed by atoms with Crippen molar-refractivity contribution < 1.29 is 9.21 Å². The van der Waals surface area contributed by atoms with Gasteiger partial charge >= 0.3 is 0 Å². The number of fused-ring (bicyclic) bond motifs is 2. The van der Waals surface area contributed by atoms with Crippen molar-refractivity contribution in [2.24, 2.45) is 0 Å². The summed E-state index contributed by atoms with van der Waals surface area (Å²) in [4.78, 5) is 27.8. The fourth-order valence-corrected chi connectivity index (χ4v) is 5.17. The lowest BCUT2D eigenvalue weighted by Crippen LogP contribution is -2.48. The molecule has 9 heteroatoms. The largest absolute Gasteiger partial charge is 0.466 e. The molecule has 190 valence electrons. The summed E-state index contributed by atoms with van der Waals surface area (Å²) in [7, 11) is 0. The second-order valence-corrected chi connectivity index (χ2v) is 10.1. The van der Waals surface area contributed by atoms with Crippen molar-refractivity contribution >= 4 is 22.6 Å². The molecule has 0 atom stereocenters. The van der Waals surface area contributed by atoms with Crippen LogP contribution in [0.25, 0.3) is 27.9 Å². The van der Waals surface area contributed by atoms with Gasteiger partial charge in [-0.1, -0.05) is 6.07 Å². The maximum absolute atomic E-state index is 13.9. The van der Waals surface area contributed by atoms with E-state index in [1.807, 2.05) is 64.4 Å². The van der Waals surface area contributed by atoms with E-state index in [2.05, 4.69) is 30.0 Å². The Hall–Kier alpha value is -3.98. The fraction of sp³-hybridized carbons (Fsp3) is 0.357. The Kier molecular flexibility index (Phi) is 5.79. The highest BCUT2D eigenvalue weighted by Crippen LogP contribution is 2.30. The Balaban J connectivity index is 1.26. The van der Waals surface area contributed by atoms with E-state index in [0.717, 1.165) is 64.8 Å². The monoisotopic (exact) mass is 497 g/mol. The molecule has 9 nitrogen and oxygen atoms in total. The molecule has 1 saturated heterocycles. The summed E-state index contributed by atoms with van der Waals surface area (Å²) in [5.41, 5.74) is 4.99. The second-order valence-electron chi connectivity index (χ2n) is 10.1. The van der Waals surface area contributed by atoms with Gasteiger partial charge in [-0.15, -0.1) is 0 Å². The minimum absolute atomic E-state index is 0.0159. The van der Waals surface area contributed by atoms with Crippen molar-refractivity contribution in [1.29, 1.82) is 0 Å². The topological polar surface area (TPSA) is 84.7 Å². The van der Waals surface area contributed by atoms with Crippen LogP contribution in [0.3, 0.4) is 0 Å². The first-order valence-corrected chi connectivity index (χ1v) is 12.8. The van der Waals surface area contributed by atoms with Crippen molar-refractivity contribution in [3.63, 3.8) is 0 Å². The molecule has 0 radical (unpaired) electrons. The lowest BCUT2D eigenvalue weighted by atomic mass is 10.1. The van der Waals surface area contributed by atoms with Crippen molar-refractivity contribution in [2.45, 2.75) is 40.3 Å². The first-order chi connectivity index (χ1) is 17.9. The summed E-state index contributed by atoms with van der Waals surface area (Å²) in [5, 5.41) is 5.35. The number of carbonyl (C=O) groups excluding carboxylic acids is 1. The van der Waals surface area contributed by atoms with Gasteiger partial charge in [0.15, 0.2) is 5.65 Å². The molecule has 0 bridgehead atoms. The van der Waals surface area contributed by atoms with Gasteiger partial charge in [0, 0.05) is 56.7 Å². The number of nitrogens with zero attached hydrogens (tertiary/aromatic N) is 7. The highest BCUT2D eigenvalue weighted by molar-refractivity contribution is 6.06. The summed E-state index contributed by atoms with van der Waals surface area (Å²) < 4.78 is 9.69. The van der Waals surface area contributed by atoms with Gasteiger partial charge in [-0.05, 0) is 52.0 Å². The van der Waals surface area contributed by atoms with Crippen LogP contribution >= 0.6 is 0 Å². The van der Waals surface area contributed by atoms with Crippen LogP contribution in [0.5, 0.6) is 0 Å². The molecule has 1 amide bonds. The number of imidazole rings is 1. The molecule has 5 aromatic rings. The van der Waals surface area contributed by atoms with Gasteiger partial charge in [0.25, 0.3) is 5.91 Å². The Bertz CT molecular complexity index is 1570. The van der Waals surface area contributed by atoms with E-state index < -0.39 is 0 Å². The van der Waals surface area contributed by atoms with Crippen molar-refractivity contribution in [1.82, 2.24) is 33.9 Å². The molecule has 0 unspecified atom stereocenters. The molecule has 5 aromatic heterocycles. The Labute approximate surface area is 215 Å². The van der Waals surface area contributed by atoms with Crippen molar-refractivity contribution in [2.75, 3.05) is 26.2 Å². The van der Waals surface area contributed by atoms with E-state index in [1.165, 1.54) is 0 Å². The maximum Gasteiger partial charge on any atom is 0.254 e. The van der Waals surface area contributed by atoms with E-state index in [1.54, 1.807) is 6.20 Å². The van der Waals surface area contributed by atoms with Crippen LogP contribution in [-0.2, 0) is 6.54 Å². The van der Waals surface area contributed by atoms with E-state index in [-0.39, 0.29) is 11.9 Å². The number of aryl methyl sites for hydroxylation is 2. The Morgan fingerprint density at radius 2 is 1.89 bits per heavy atom. The molecule has 1 fully saturated rings. The number of hydrogen-bond donors (Lipinski definition) is 0. The predicted octanol–water partition coefficient (Wildman–Crippen LogP) is 4.49. The molecule has 0 spiro atoms. The average molecular weight is 498 g/mol. The van der Waals surface area contributed by atoms with Crippen molar-refractivity contribution in [3.05, 3.63) is 71.7 Å². The lowest BCUT2D eigenvalue weighted by molar-refractivity contribution is 0.0629. The third kappa shape index (κ3) is 4.29. The number of amides is 1. The lowest BCUT2D eigenvalue weighted by Gasteiger charge is -2.34. The quantitative estimate of drug-likeness (QED) is 0.356. The summed E-state index contributed by atoms with van der Waals surface area (Å²) >= 11 is 0. The molecular weight excluding hydrogens is 466 g/mol. The molecule has 1 aliphatic heterocycles. The number of furan rings is 1. The molecule has 6 rings (SSSR count). The SMILES string of the molecule is Cc1cc(-c2cc(C(=O)N3CCN(Cc4cn5ccccc5n4)CC3)c3cnn(C(C)C)c3n2)c(C)o1. The summed E-state index contributed by atoms with van der Waals surface area (Å²) in [6, 6.07) is 10.0. The van der Waals surface area contributed by atoms with Gasteiger partial charge in [0.05, 0.1) is 28.5 Å². The van der Waals surface area contributed by atoms with E-state index in [4.69, 9.17) is 14.4 Å². The van der Waals surface area contributed by atoms with Crippen LogP contribution < -0.4 is 0 Å². The summed E-state index contributed by atoms with van der Waals surface area (Å²) in [6.45, 7) is 11.7. The fourth-order valence-electron chi connectivity index (χ4n) is 5.17. The van der Waals surface area contributed by atoms with Crippen LogP contribution in [0, 0.1) is 13.8 Å². The Morgan fingerprint density at radius 3 is 2.59 bits per heavy atom. The minimum atomic E-state index is 0.0159. The van der Waals surface area contributed by atoms with Crippen LogP contribution in [-0.4, -0.2) is 66.0 Å². The third-order valence-electron chi connectivity index (χ3n) is 7.06. The van der Waals surface area contributed by atoms with Crippen LogP contribution in [0.4, 0.5) is 0 Å². The van der Waals surface area contributed by atoms with Gasteiger partial charge in [-0.3, -0.25) is 9.69 Å². The number of aromatic nitrogens is 5. The van der Waals surface area contributed by atoms with Gasteiger partial charge < -0.3 is 13.7 Å². The van der Waals surface area contributed by atoms with Gasteiger partial charge in [0.2, 0.25) is 0 Å². The van der Waals surface area contributed by atoms with Crippen molar-refractivity contribution in [3.8, 4) is 11.3 Å². The molecule has 0 N–H and O–H groups in total. The zero-order valence-electron chi connectivity index (χ0n) is 21.7. The third-order valence-corrected chi connectivity index (χ3v) is 7.06. The highest BCUT2D eigenvalue weighted by atomic mass is 16.3. The smallest absolute Gasteiger partial charge is 0.254 e. The van der Waals surface area contributed by atoms with Crippen LogP contribution in [0.2, 0.25) is 0 Å². The van der Waals surface area contributed by atoms with Gasteiger partial charge in [-0.25, -0.2) is 14.6 Å². The van der Waals surface area contributed by atoms with E-state index >= 15 is 0 Å². The van der Waals surface area contributed by atoms with Gasteiger partial charge in [0.1, 0.15) is 17.2 Å². The molecule has 0 aromatic carbocycles. The second kappa shape index (κ2) is 9.15. The van der Waals surface area contributed by atoms with E-state index in [9.17, 15) is 4.79 Å². The minimum Gasteiger partial charge on any atom is -0.466 e. The molecule has 0 saturated carbocycles. The number of rotatable bonds is 5. The predicted molar refractivity (Wildman–Crippen MR) is 141 cm³/mol. The molecule has 37 heavy (non-hydrogen) atoms. The summed E-state index contributed by atoms with van der Waals surface area (Å²) in [5.74, 6) is 1.63. The standard InChI is InChI=1S/C28H31N7O2/c1-18(2)35-27-24(15-29-35)23(14-25(31-27)22-13-19(3)37-20(22)4)28(36)33-11-9-32(10-12-33)16-21-17-34-8-6-5-7-26(34)30-21/h5-8,13-15,17-18H,9-12,16H2,1-4H3. The van der Waals surface area contributed by atoms with E-state index in [0.29, 0.717) is 18.7 Å². The first kappa shape index (κ1) is 23.4. The number of pyridine rings is 2. The van der Waals surface area contributed by atoms with Crippen LogP contribution in [0.15, 0.2) is 53.3 Å². The zero-order valence-corrected chi connectivity index (χ0v) is 21.7. The number of carbonyl (C=O) groups is 1. The maximum atomic E-state index is 13.9. The normalized spacial score (nSPS) is 14.9. The average Bonchev–Trinajstić information content (AvgIpc) is 3.59. The zero-order chi connectivity index (χ0) is 25.7. The highest BCUT2D eigenvalue weighted by Gasteiger charge is 2.27. The first-order valence-electron chi connectivity index (χ1n) is 12.8. The molecule has 1 aliphatic rings. The van der Waals surface area contributed by atoms with Crippen LogP contribution in [0.1, 0.15) is 47.5 Å². The summed E-state index contributed by atoms with van der Waals surface area (Å²) in [6.07, 6.45) is 5.86.